The molecule has 0 atom stereocenters. The van der Waals surface area contributed by atoms with Crippen molar-refractivity contribution in [3.63, 3.8) is 0 Å². The first-order valence-electron chi connectivity index (χ1n) is 5.26. The van der Waals surface area contributed by atoms with E-state index in [4.69, 9.17) is 4.74 Å². The van der Waals surface area contributed by atoms with Crippen molar-refractivity contribution in [3.05, 3.63) is 24.2 Å². The molecule has 0 aromatic rings. The quantitative estimate of drug-likeness (QED) is 0.645. The first kappa shape index (κ1) is 12.9. The van der Waals surface area contributed by atoms with E-state index < -0.39 is 0 Å². The Kier molecular flexibility index (Phi) is 6.81. The van der Waals surface area contributed by atoms with E-state index in [2.05, 4.69) is 6.58 Å². The third-order valence-corrected chi connectivity index (χ3v) is 2.07. The minimum absolute atomic E-state index is 0.131. The fraction of sp³-hybridized carbons (Fsp3) is 0.583. The molecule has 0 bridgehead atoms. The van der Waals surface area contributed by atoms with E-state index in [1.54, 1.807) is 6.92 Å². The van der Waals surface area contributed by atoms with Gasteiger partial charge in [-0.2, -0.15) is 0 Å². The van der Waals surface area contributed by atoms with Gasteiger partial charge in [0.2, 0.25) is 0 Å². The van der Waals surface area contributed by atoms with Crippen molar-refractivity contribution in [3.8, 4) is 0 Å². The Morgan fingerprint density at radius 1 is 1.36 bits per heavy atom. The van der Waals surface area contributed by atoms with Crippen molar-refractivity contribution < 1.29 is 9.53 Å². The van der Waals surface area contributed by atoms with Gasteiger partial charge in [0.15, 0.2) is 5.78 Å². The van der Waals surface area contributed by atoms with Crippen LogP contribution in [-0.2, 0) is 9.53 Å². The number of carbonyl (C=O) groups excluding carboxylic acids is 1. The van der Waals surface area contributed by atoms with Crippen molar-refractivity contribution in [2.24, 2.45) is 0 Å². The first-order chi connectivity index (χ1) is 6.75. The van der Waals surface area contributed by atoms with Crippen LogP contribution in [0.5, 0.6) is 0 Å². The van der Waals surface area contributed by atoms with Crippen molar-refractivity contribution >= 4 is 5.78 Å². The fourth-order valence-electron chi connectivity index (χ4n) is 1.48. The summed E-state index contributed by atoms with van der Waals surface area (Å²) in [6, 6.07) is 0. The van der Waals surface area contributed by atoms with Crippen molar-refractivity contribution in [2.45, 2.75) is 46.5 Å². The zero-order valence-corrected chi connectivity index (χ0v) is 9.43. The second kappa shape index (κ2) is 7.36. The summed E-state index contributed by atoms with van der Waals surface area (Å²) >= 11 is 0. The molecule has 0 aliphatic heterocycles. The maximum absolute atomic E-state index is 11.1. The highest BCUT2D eigenvalue weighted by atomic mass is 16.5. The third kappa shape index (κ3) is 3.77. The van der Waals surface area contributed by atoms with Crippen molar-refractivity contribution in [2.75, 3.05) is 0 Å². The number of hydrogen-bond acceptors (Lipinski definition) is 2. The molecule has 0 saturated carbocycles. The second-order valence-corrected chi connectivity index (χ2v) is 2.95. The van der Waals surface area contributed by atoms with Crippen LogP contribution in [0.15, 0.2) is 24.2 Å². The molecule has 0 amide bonds. The lowest BCUT2D eigenvalue weighted by atomic mass is 9.95. The van der Waals surface area contributed by atoms with Crippen LogP contribution in [0.1, 0.15) is 46.5 Å². The summed E-state index contributed by atoms with van der Waals surface area (Å²) in [5, 5.41) is 0. The molecule has 1 aliphatic carbocycles. The highest BCUT2D eigenvalue weighted by Gasteiger charge is 2.16. The van der Waals surface area contributed by atoms with Gasteiger partial charge in [-0.25, -0.2) is 0 Å². The second-order valence-electron chi connectivity index (χ2n) is 2.95. The largest absolute Gasteiger partial charge is 0.470 e. The van der Waals surface area contributed by atoms with Crippen LogP contribution in [-0.4, -0.2) is 5.78 Å². The van der Waals surface area contributed by atoms with Crippen LogP contribution >= 0.6 is 0 Å². The molecule has 2 heteroatoms. The molecule has 14 heavy (non-hydrogen) atoms. The Hall–Kier alpha value is -1.05. The Balaban J connectivity index is 0.000000791. The molecule has 1 rings (SSSR count). The molecule has 0 radical (unpaired) electrons. The highest BCUT2D eigenvalue weighted by molar-refractivity contribution is 5.93. The molecule has 1 aliphatic rings. The zero-order valence-electron chi connectivity index (χ0n) is 9.43. The standard InChI is InChI=1S/C10H14O2.C2H6/c1-3-12-10-7-5-4-6-9(10)8(2)11;1-2/h3H,1,4-7H2,2H3;1-2H3. The number of Topliss-reactive ketones (excluding diaryl/α,β-unsaturated/α-hetero) is 1. The van der Waals surface area contributed by atoms with Gasteiger partial charge >= 0.3 is 0 Å². The van der Waals surface area contributed by atoms with Crippen molar-refractivity contribution in [1.29, 1.82) is 0 Å². The van der Waals surface area contributed by atoms with Crippen LogP contribution in [0.2, 0.25) is 0 Å². The Morgan fingerprint density at radius 3 is 2.43 bits per heavy atom. The molecular formula is C12H20O2. The summed E-state index contributed by atoms with van der Waals surface area (Å²) in [6.45, 7) is 9.07. The van der Waals surface area contributed by atoms with Gasteiger partial charge in [0.1, 0.15) is 5.76 Å². The van der Waals surface area contributed by atoms with Crippen LogP contribution < -0.4 is 0 Å². The summed E-state index contributed by atoms with van der Waals surface area (Å²) in [5.74, 6) is 0.954. The fourth-order valence-corrected chi connectivity index (χ4v) is 1.48. The maximum Gasteiger partial charge on any atom is 0.159 e. The van der Waals surface area contributed by atoms with Gasteiger partial charge in [-0.3, -0.25) is 4.79 Å². The van der Waals surface area contributed by atoms with E-state index in [9.17, 15) is 4.79 Å². The molecule has 0 N–H and O–H groups in total. The van der Waals surface area contributed by atoms with E-state index in [0.29, 0.717) is 0 Å². The molecule has 2 nitrogen and oxygen atoms in total. The average Bonchev–Trinajstić information content (AvgIpc) is 2.22. The molecule has 0 aromatic carbocycles. The monoisotopic (exact) mass is 196 g/mol. The van der Waals surface area contributed by atoms with Gasteiger partial charge in [0.25, 0.3) is 0 Å². The Labute approximate surface area is 86.6 Å². The van der Waals surface area contributed by atoms with E-state index in [-0.39, 0.29) is 5.78 Å². The zero-order chi connectivity index (χ0) is 11.0. The van der Waals surface area contributed by atoms with Crippen LogP contribution in [0.25, 0.3) is 0 Å². The first-order valence-corrected chi connectivity index (χ1v) is 5.26. The van der Waals surface area contributed by atoms with E-state index in [1.165, 1.54) is 6.26 Å². The summed E-state index contributed by atoms with van der Waals surface area (Å²) in [4.78, 5) is 11.1. The summed E-state index contributed by atoms with van der Waals surface area (Å²) in [5.41, 5.74) is 0.848. The normalized spacial score (nSPS) is 15.4. The molecule has 0 aromatic heterocycles. The van der Waals surface area contributed by atoms with Gasteiger partial charge in [0, 0.05) is 12.0 Å². The molecule has 0 spiro atoms. The number of allylic oxidation sites excluding steroid dienone is 2. The molecular weight excluding hydrogens is 176 g/mol. The Bertz CT molecular complexity index is 226. The summed E-state index contributed by atoms with van der Waals surface area (Å²) < 4.78 is 5.18. The number of ether oxygens (including phenoxy) is 1. The SMILES string of the molecule is C=COC1=C(C(C)=O)CCCC1.CC. The van der Waals surface area contributed by atoms with Crippen LogP contribution in [0.4, 0.5) is 0 Å². The van der Waals surface area contributed by atoms with Crippen molar-refractivity contribution in [1.82, 2.24) is 0 Å². The Morgan fingerprint density at radius 2 is 1.93 bits per heavy atom. The maximum atomic E-state index is 11.1. The van der Waals surface area contributed by atoms with Gasteiger partial charge in [-0.15, -0.1) is 0 Å². The minimum atomic E-state index is 0.131. The van der Waals surface area contributed by atoms with E-state index in [1.807, 2.05) is 13.8 Å². The number of carbonyl (C=O) groups is 1. The molecule has 0 fully saturated rings. The lowest BCUT2D eigenvalue weighted by Crippen LogP contribution is -2.07. The molecule has 80 valence electrons. The lowest BCUT2D eigenvalue weighted by Gasteiger charge is -2.16. The van der Waals surface area contributed by atoms with Gasteiger partial charge in [-0.05, 0) is 26.2 Å². The predicted octanol–water partition coefficient (Wildman–Crippen LogP) is 3.59. The van der Waals surface area contributed by atoms with E-state index >= 15 is 0 Å². The lowest BCUT2D eigenvalue weighted by molar-refractivity contribution is -0.114. The van der Waals surface area contributed by atoms with Gasteiger partial charge in [-0.1, -0.05) is 20.4 Å². The number of ketones is 1. The van der Waals surface area contributed by atoms with Crippen LogP contribution in [0.3, 0.4) is 0 Å². The topological polar surface area (TPSA) is 26.3 Å². The van der Waals surface area contributed by atoms with Gasteiger partial charge < -0.3 is 4.74 Å². The summed E-state index contributed by atoms with van der Waals surface area (Å²) in [6.07, 6.45) is 5.34. The molecule has 0 unspecified atom stereocenters. The third-order valence-electron chi connectivity index (χ3n) is 2.07. The van der Waals surface area contributed by atoms with E-state index in [0.717, 1.165) is 37.0 Å². The smallest absolute Gasteiger partial charge is 0.159 e. The molecule has 0 heterocycles. The summed E-state index contributed by atoms with van der Waals surface area (Å²) in [7, 11) is 0. The number of hydrogen-bond donors (Lipinski definition) is 0. The average molecular weight is 196 g/mol. The number of rotatable bonds is 3. The molecule has 0 saturated heterocycles. The van der Waals surface area contributed by atoms with Crippen LogP contribution in [0, 0.1) is 0 Å². The van der Waals surface area contributed by atoms with Gasteiger partial charge in [0.05, 0.1) is 6.26 Å². The minimum Gasteiger partial charge on any atom is -0.470 e. The predicted molar refractivity (Wildman–Crippen MR) is 58.8 cm³/mol. The highest BCUT2D eigenvalue weighted by Crippen LogP contribution is 2.25.